The summed E-state index contributed by atoms with van der Waals surface area (Å²) in [7, 11) is 3.93. The molecule has 0 spiro atoms. The Hall–Kier alpha value is -2.81. The van der Waals surface area contributed by atoms with Crippen LogP contribution < -0.4 is 15.1 Å². The second kappa shape index (κ2) is 10.2. The zero-order valence-electron chi connectivity index (χ0n) is 19.0. The zero-order valence-corrected chi connectivity index (χ0v) is 19.9. The number of nitrogens with one attached hydrogen (secondary N) is 1. The van der Waals surface area contributed by atoms with Crippen molar-refractivity contribution in [2.45, 2.75) is 37.9 Å². The van der Waals surface area contributed by atoms with Gasteiger partial charge >= 0.3 is 0 Å². The fraction of sp³-hybridized carbons (Fsp3) is 0.478. The number of fused-ring (bicyclic) bond motifs is 1. The van der Waals surface area contributed by atoms with E-state index in [1.807, 2.05) is 54.1 Å². The van der Waals surface area contributed by atoms with Gasteiger partial charge in [-0.25, -0.2) is 14.6 Å². The summed E-state index contributed by atoms with van der Waals surface area (Å²) in [6.07, 6.45) is 5.52. The normalized spacial score (nSPS) is 14.0. The summed E-state index contributed by atoms with van der Waals surface area (Å²) in [6, 6.07) is 7.61. The third-order valence-corrected chi connectivity index (χ3v) is 6.35. The highest BCUT2D eigenvalue weighted by atomic mass is 32.2. The van der Waals surface area contributed by atoms with Gasteiger partial charge in [0.15, 0.2) is 10.8 Å². The van der Waals surface area contributed by atoms with Crippen LogP contribution in [-0.4, -0.2) is 65.1 Å². The minimum Gasteiger partial charge on any atom is -0.378 e. The molecule has 0 atom stereocenters. The van der Waals surface area contributed by atoms with Crippen LogP contribution >= 0.6 is 11.8 Å². The number of hydrogen-bond donors (Lipinski definition) is 1. The average Bonchev–Trinajstić information content (AvgIpc) is 3.22. The largest absolute Gasteiger partial charge is 0.378 e. The Morgan fingerprint density at radius 2 is 2.00 bits per heavy atom. The van der Waals surface area contributed by atoms with Crippen LogP contribution in [0.3, 0.4) is 0 Å². The molecule has 1 fully saturated rings. The van der Waals surface area contributed by atoms with Crippen LogP contribution in [0.5, 0.6) is 0 Å². The van der Waals surface area contributed by atoms with E-state index < -0.39 is 0 Å². The first-order chi connectivity index (χ1) is 15.6. The summed E-state index contributed by atoms with van der Waals surface area (Å²) in [6.45, 7) is 5.18. The topological polar surface area (TPSA) is 79.2 Å². The fourth-order valence-electron chi connectivity index (χ4n) is 3.93. The molecule has 1 amide bonds. The van der Waals surface area contributed by atoms with Crippen molar-refractivity contribution in [3.05, 3.63) is 36.0 Å². The molecule has 0 bridgehead atoms. The van der Waals surface area contributed by atoms with E-state index in [0.717, 1.165) is 46.5 Å². The SMILES string of the molecule is CCSc1nc(N2CCCCC2)c2cnn(CCNC(=O)c3cccc(N(C)C)c3)c2n1. The van der Waals surface area contributed by atoms with Gasteiger partial charge in [0.25, 0.3) is 5.91 Å². The average molecular weight is 454 g/mol. The Bertz CT molecular complexity index is 1080. The summed E-state index contributed by atoms with van der Waals surface area (Å²) in [5, 5.41) is 9.36. The van der Waals surface area contributed by atoms with Gasteiger partial charge in [0.1, 0.15) is 5.82 Å². The maximum atomic E-state index is 12.6. The van der Waals surface area contributed by atoms with Crippen molar-refractivity contribution in [2.24, 2.45) is 0 Å². The molecule has 2 aromatic heterocycles. The molecule has 3 aromatic rings. The zero-order chi connectivity index (χ0) is 22.5. The van der Waals surface area contributed by atoms with Crippen molar-refractivity contribution < 1.29 is 4.79 Å². The molecular weight excluding hydrogens is 422 g/mol. The fourth-order valence-corrected chi connectivity index (χ4v) is 4.49. The molecule has 0 aliphatic carbocycles. The van der Waals surface area contributed by atoms with E-state index in [2.05, 4.69) is 22.2 Å². The van der Waals surface area contributed by atoms with Crippen LogP contribution in [0.25, 0.3) is 11.0 Å². The van der Waals surface area contributed by atoms with E-state index in [9.17, 15) is 4.79 Å². The summed E-state index contributed by atoms with van der Waals surface area (Å²) < 4.78 is 1.88. The molecule has 8 nitrogen and oxygen atoms in total. The van der Waals surface area contributed by atoms with E-state index in [0.29, 0.717) is 18.7 Å². The van der Waals surface area contributed by atoms with Gasteiger partial charge < -0.3 is 15.1 Å². The molecule has 170 valence electrons. The van der Waals surface area contributed by atoms with Gasteiger partial charge in [-0.2, -0.15) is 5.10 Å². The Kier molecular flexibility index (Phi) is 7.14. The standard InChI is InChI=1S/C23H31N7OS/c1-4-32-23-26-20(29-12-6-5-7-13-29)19-16-25-30(21(19)27-23)14-11-24-22(31)17-9-8-10-18(15-17)28(2)3/h8-10,15-16H,4-7,11-14H2,1-3H3,(H,24,31). The summed E-state index contributed by atoms with van der Waals surface area (Å²) in [5.41, 5.74) is 2.48. The molecule has 1 aromatic carbocycles. The van der Waals surface area contributed by atoms with E-state index in [1.54, 1.807) is 11.8 Å². The number of hydrogen-bond acceptors (Lipinski definition) is 7. The monoisotopic (exact) mass is 453 g/mol. The lowest BCUT2D eigenvalue weighted by molar-refractivity contribution is 0.0952. The van der Waals surface area contributed by atoms with Crippen molar-refractivity contribution in [1.82, 2.24) is 25.1 Å². The maximum Gasteiger partial charge on any atom is 0.251 e. The highest BCUT2D eigenvalue weighted by molar-refractivity contribution is 7.99. The number of aromatic nitrogens is 4. The highest BCUT2D eigenvalue weighted by Crippen LogP contribution is 2.29. The van der Waals surface area contributed by atoms with E-state index in [4.69, 9.17) is 9.97 Å². The number of thioether (sulfide) groups is 1. The molecule has 1 saturated heterocycles. The van der Waals surface area contributed by atoms with E-state index in [-0.39, 0.29) is 5.91 Å². The second-order valence-corrected chi connectivity index (χ2v) is 9.35. The van der Waals surface area contributed by atoms with Gasteiger partial charge in [0.05, 0.1) is 18.1 Å². The molecule has 4 rings (SSSR count). The first-order valence-electron chi connectivity index (χ1n) is 11.2. The minimum atomic E-state index is -0.0870. The summed E-state index contributed by atoms with van der Waals surface area (Å²) >= 11 is 1.65. The Balaban J connectivity index is 1.50. The van der Waals surface area contributed by atoms with Crippen LogP contribution in [0.15, 0.2) is 35.6 Å². The van der Waals surface area contributed by atoms with Crippen LogP contribution in [0, 0.1) is 0 Å². The van der Waals surface area contributed by atoms with Gasteiger partial charge in [0, 0.05) is 45.0 Å². The highest BCUT2D eigenvalue weighted by Gasteiger charge is 2.20. The molecule has 1 N–H and O–H groups in total. The molecule has 1 aliphatic rings. The molecule has 32 heavy (non-hydrogen) atoms. The van der Waals surface area contributed by atoms with Gasteiger partial charge in [0.2, 0.25) is 0 Å². The van der Waals surface area contributed by atoms with Gasteiger partial charge in [-0.15, -0.1) is 0 Å². The predicted octanol–water partition coefficient (Wildman–Crippen LogP) is 3.42. The van der Waals surface area contributed by atoms with Crippen LogP contribution in [0.4, 0.5) is 11.5 Å². The van der Waals surface area contributed by atoms with Crippen molar-refractivity contribution in [2.75, 3.05) is 49.3 Å². The first kappa shape index (κ1) is 22.4. The van der Waals surface area contributed by atoms with Crippen molar-refractivity contribution in [1.29, 1.82) is 0 Å². The van der Waals surface area contributed by atoms with Crippen molar-refractivity contribution >= 4 is 40.2 Å². The minimum absolute atomic E-state index is 0.0870. The number of nitrogens with zero attached hydrogens (tertiary/aromatic N) is 6. The first-order valence-corrected chi connectivity index (χ1v) is 12.2. The number of piperidine rings is 1. The maximum absolute atomic E-state index is 12.6. The second-order valence-electron chi connectivity index (χ2n) is 8.12. The Morgan fingerprint density at radius 3 is 2.75 bits per heavy atom. The molecular formula is C23H31N7OS. The summed E-state index contributed by atoms with van der Waals surface area (Å²) in [5.74, 6) is 1.82. The lowest BCUT2D eigenvalue weighted by atomic mass is 10.1. The number of anilines is 2. The molecule has 9 heteroatoms. The number of benzene rings is 1. The number of amides is 1. The number of carbonyl (C=O) groups excluding carboxylic acids is 1. The van der Waals surface area contributed by atoms with E-state index >= 15 is 0 Å². The number of carbonyl (C=O) groups is 1. The molecule has 3 heterocycles. The van der Waals surface area contributed by atoms with Crippen LogP contribution in [0.2, 0.25) is 0 Å². The van der Waals surface area contributed by atoms with Gasteiger partial charge in [-0.3, -0.25) is 4.79 Å². The smallest absolute Gasteiger partial charge is 0.251 e. The third kappa shape index (κ3) is 4.98. The molecule has 1 aliphatic heterocycles. The van der Waals surface area contributed by atoms with Crippen molar-refractivity contribution in [3.8, 4) is 0 Å². The van der Waals surface area contributed by atoms with E-state index in [1.165, 1.54) is 19.3 Å². The third-order valence-electron chi connectivity index (χ3n) is 5.62. The number of rotatable bonds is 8. The van der Waals surface area contributed by atoms with Crippen molar-refractivity contribution in [3.63, 3.8) is 0 Å². The predicted molar refractivity (Wildman–Crippen MR) is 131 cm³/mol. The summed E-state index contributed by atoms with van der Waals surface area (Å²) in [4.78, 5) is 26.6. The molecule has 0 radical (unpaired) electrons. The Labute approximate surface area is 193 Å². The molecule has 0 unspecified atom stereocenters. The quantitative estimate of drug-likeness (QED) is 0.413. The van der Waals surface area contributed by atoms with Crippen LogP contribution in [0.1, 0.15) is 36.5 Å². The van der Waals surface area contributed by atoms with Gasteiger partial charge in [-0.1, -0.05) is 24.8 Å². The lowest BCUT2D eigenvalue weighted by Crippen LogP contribution is -2.30. The lowest BCUT2D eigenvalue weighted by Gasteiger charge is -2.28. The Morgan fingerprint density at radius 1 is 1.19 bits per heavy atom. The van der Waals surface area contributed by atoms with Crippen LogP contribution in [-0.2, 0) is 6.54 Å². The molecule has 0 saturated carbocycles. The van der Waals surface area contributed by atoms with Gasteiger partial charge in [-0.05, 0) is 43.2 Å².